The summed E-state index contributed by atoms with van der Waals surface area (Å²) < 4.78 is 40.0. The summed E-state index contributed by atoms with van der Waals surface area (Å²) in [6, 6.07) is 10.3. The first-order valence-electron chi connectivity index (χ1n) is 7.92. The molecule has 7 heteroatoms. The molecule has 6 nitrogen and oxygen atoms in total. The van der Waals surface area contributed by atoms with Crippen LogP contribution in [0.2, 0.25) is 0 Å². The second-order valence-corrected chi connectivity index (χ2v) is 7.62. The molecule has 0 saturated heterocycles. The summed E-state index contributed by atoms with van der Waals surface area (Å²) in [5.41, 5.74) is 1.02. The summed E-state index contributed by atoms with van der Waals surface area (Å²) >= 11 is 0. The van der Waals surface area contributed by atoms with Gasteiger partial charge in [-0.1, -0.05) is 0 Å². The summed E-state index contributed by atoms with van der Waals surface area (Å²) in [5, 5.41) is 0. The van der Waals surface area contributed by atoms with Crippen LogP contribution in [0.5, 0.6) is 5.75 Å². The predicted octanol–water partition coefficient (Wildman–Crippen LogP) is 2.28. The number of aromatic nitrogens is 1. The zero-order valence-corrected chi connectivity index (χ0v) is 14.7. The van der Waals surface area contributed by atoms with Gasteiger partial charge in [-0.25, -0.2) is 8.42 Å². The second-order valence-electron chi connectivity index (χ2n) is 5.73. The molecule has 1 aromatic carbocycles. The first-order valence-corrected chi connectivity index (χ1v) is 9.37. The molecular weight excluding hydrogens is 328 g/mol. The van der Waals surface area contributed by atoms with Crippen LogP contribution in [0.15, 0.2) is 47.5 Å². The molecule has 130 valence electrons. The van der Waals surface area contributed by atoms with Crippen LogP contribution in [0.1, 0.15) is 18.7 Å². The van der Waals surface area contributed by atoms with Crippen molar-refractivity contribution in [3.63, 3.8) is 0 Å². The Morgan fingerprint density at radius 3 is 2.58 bits per heavy atom. The van der Waals surface area contributed by atoms with E-state index in [9.17, 15) is 8.42 Å². The average molecular weight is 350 g/mol. The van der Waals surface area contributed by atoms with Crippen LogP contribution in [0.3, 0.4) is 0 Å². The Bertz CT molecular complexity index is 783. The molecule has 0 spiro atoms. The lowest BCUT2D eigenvalue weighted by atomic mass is 10.2. The van der Waals surface area contributed by atoms with Crippen LogP contribution in [0.25, 0.3) is 0 Å². The van der Waals surface area contributed by atoms with Gasteiger partial charge in [0.05, 0.1) is 17.5 Å². The van der Waals surface area contributed by atoms with Gasteiger partial charge in [0.15, 0.2) is 0 Å². The van der Waals surface area contributed by atoms with E-state index in [1.165, 1.54) is 0 Å². The number of hydrogen-bond donors (Lipinski definition) is 0. The van der Waals surface area contributed by atoms with E-state index in [0.717, 1.165) is 5.69 Å². The zero-order valence-electron chi connectivity index (χ0n) is 13.9. The maximum absolute atomic E-state index is 13.0. The van der Waals surface area contributed by atoms with Crippen LogP contribution in [-0.2, 0) is 21.3 Å². The van der Waals surface area contributed by atoms with Gasteiger partial charge in [0, 0.05) is 32.1 Å². The van der Waals surface area contributed by atoms with E-state index in [1.807, 2.05) is 25.3 Å². The summed E-state index contributed by atoms with van der Waals surface area (Å²) in [4.78, 5) is 0.286. The monoisotopic (exact) mass is 350 g/mol. The number of benzene rings is 1. The minimum Gasteiger partial charge on any atom is -0.491 e. The Hall–Kier alpha value is -1.83. The fourth-order valence-corrected chi connectivity index (χ4v) is 4.57. The smallest absolute Gasteiger partial charge is 0.243 e. The molecule has 0 fully saturated rings. The molecule has 1 aromatic heterocycles. The maximum Gasteiger partial charge on any atom is 0.243 e. The van der Waals surface area contributed by atoms with Gasteiger partial charge < -0.3 is 14.0 Å². The van der Waals surface area contributed by atoms with Gasteiger partial charge in [-0.3, -0.25) is 0 Å². The van der Waals surface area contributed by atoms with Crippen molar-refractivity contribution in [3.8, 4) is 5.75 Å². The highest BCUT2D eigenvalue weighted by Gasteiger charge is 2.33. The van der Waals surface area contributed by atoms with Crippen molar-refractivity contribution in [3.05, 3.63) is 48.3 Å². The van der Waals surface area contributed by atoms with E-state index in [1.54, 1.807) is 35.7 Å². The number of ether oxygens (including phenoxy) is 2. The number of sulfonamides is 1. The van der Waals surface area contributed by atoms with Crippen molar-refractivity contribution in [2.24, 2.45) is 0 Å². The van der Waals surface area contributed by atoms with Gasteiger partial charge in [0.1, 0.15) is 12.4 Å². The maximum atomic E-state index is 13.0. The van der Waals surface area contributed by atoms with Crippen molar-refractivity contribution in [2.45, 2.75) is 24.4 Å². The highest BCUT2D eigenvalue weighted by molar-refractivity contribution is 7.89. The van der Waals surface area contributed by atoms with E-state index in [4.69, 9.17) is 9.47 Å². The molecule has 2 heterocycles. The fourth-order valence-electron chi connectivity index (χ4n) is 2.97. The third-order valence-corrected chi connectivity index (χ3v) is 6.26. The molecule has 1 aliphatic heterocycles. The van der Waals surface area contributed by atoms with Crippen molar-refractivity contribution in [2.75, 3.05) is 26.9 Å². The molecular formula is C17H22N2O4S. The molecule has 0 amide bonds. The molecule has 0 saturated carbocycles. The average Bonchev–Trinajstić information content (AvgIpc) is 3.05. The molecule has 2 aromatic rings. The Labute approximate surface area is 142 Å². The normalized spacial score (nSPS) is 18.3. The molecule has 24 heavy (non-hydrogen) atoms. The molecule has 3 rings (SSSR count). The first kappa shape index (κ1) is 17.0. The number of hydrogen-bond acceptors (Lipinski definition) is 4. The quantitative estimate of drug-likeness (QED) is 0.750. The molecule has 0 unspecified atom stereocenters. The lowest BCUT2D eigenvalue weighted by molar-refractivity contribution is 0.146. The van der Waals surface area contributed by atoms with Crippen molar-refractivity contribution in [1.29, 1.82) is 0 Å². The second kappa shape index (κ2) is 6.96. The van der Waals surface area contributed by atoms with Gasteiger partial charge in [-0.2, -0.15) is 4.31 Å². The highest BCUT2D eigenvalue weighted by Crippen LogP contribution is 2.31. The molecule has 1 aliphatic rings. The third-order valence-electron chi connectivity index (χ3n) is 4.27. The number of rotatable bonds is 6. The largest absolute Gasteiger partial charge is 0.491 e. The summed E-state index contributed by atoms with van der Waals surface area (Å²) in [6.07, 6.45) is 1.99. The van der Waals surface area contributed by atoms with Crippen molar-refractivity contribution in [1.82, 2.24) is 8.87 Å². The Balaban J connectivity index is 1.78. The molecule has 0 N–H and O–H groups in total. The third kappa shape index (κ3) is 3.19. The van der Waals surface area contributed by atoms with Gasteiger partial charge in [-0.05, 0) is 43.3 Å². The van der Waals surface area contributed by atoms with Crippen molar-refractivity contribution >= 4 is 10.0 Å². The number of methoxy groups -OCH3 is 1. The highest BCUT2D eigenvalue weighted by atomic mass is 32.2. The summed E-state index contributed by atoms with van der Waals surface area (Å²) in [7, 11) is -1.93. The van der Waals surface area contributed by atoms with Crippen LogP contribution < -0.4 is 4.74 Å². The van der Waals surface area contributed by atoms with Gasteiger partial charge >= 0.3 is 0 Å². The fraction of sp³-hybridized carbons (Fsp3) is 0.412. The van der Waals surface area contributed by atoms with Crippen molar-refractivity contribution < 1.29 is 17.9 Å². The van der Waals surface area contributed by atoms with Gasteiger partial charge in [0.25, 0.3) is 0 Å². The Kier molecular flexibility index (Phi) is 4.93. The molecule has 0 bridgehead atoms. The zero-order chi connectivity index (χ0) is 17.2. The number of nitrogens with zero attached hydrogens (tertiary/aromatic N) is 2. The van der Waals surface area contributed by atoms with E-state index < -0.39 is 10.0 Å². The SMILES string of the molecule is COCCOc1ccc(S(=O)(=O)N2CCn3cccc3[C@@H]2C)cc1. The van der Waals surface area contributed by atoms with Crippen LogP contribution in [-0.4, -0.2) is 44.2 Å². The Morgan fingerprint density at radius 2 is 1.88 bits per heavy atom. The lowest BCUT2D eigenvalue weighted by Gasteiger charge is -2.33. The van der Waals surface area contributed by atoms with Crippen LogP contribution in [0.4, 0.5) is 0 Å². The molecule has 0 radical (unpaired) electrons. The summed E-state index contributed by atoms with van der Waals surface area (Å²) in [5.74, 6) is 0.631. The minimum absolute atomic E-state index is 0.184. The van der Waals surface area contributed by atoms with Gasteiger partial charge in [0.2, 0.25) is 10.0 Å². The van der Waals surface area contributed by atoms with E-state index in [0.29, 0.717) is 32.1 Å². The summed E-state index contributed by atoms with van der Waals surface area (Å²) in [6.45, 7) is 3.99. The predicted molar refractivity (Wildman–Crippen MR) is 90.6 cm³/mol. The van der Waals surface area contributed by atoms with Gasteiger partial charge in [-0.15, -0.1) is 0 Å². The number of fused-ring (bicyclic) bond motifs is 1. The molecule has 1 atom stereocenters. The van der Waals surface area contributed by atoms with E-state index in [-0.39, 0.29) is 10.9 Å². The van der Waals surface area contributed by atoms with E-state index in [2.05, 4.69) is 4.57 Å². The van der Waals surface area contributed by atoms with Crippen LogP contribution in [0, 0.1) is 0 Å². The standard InChI is InChI=1S/C17H22N2O4S/c1-14-17-4-3-9-18(17)10-11-19(14)24(20,21)16-7-5-15(6-8-16)23-13-12-22-2/h3-9,14H,10-13H2,1-2H3/t14-/m0/s1. The Morgan fingerprint density at radius 1 is 1.12 bits per heavy atom. The first-order chi connectivity index (χ1) is 11.5. The van der Waals surface area contributed by atoms with E-state index >= 15 is 0 Å². The lowest BCUT2D eigenvalue weighted by Crippen LogP contribution is -2.40. The topological polar surface area (TPSA) is 60.8 Å². The molecule has 0 aliphatic carbocycles. The minimum atomic E-state index is -3.53. The van der Waals surface area contributed by atoms with Crippen LogP contribution >= 0.6 is 0 Å².